The number of nitrogens with zero attached hydrogens (tertiary/aromatic N) is 5. The van der Waals surface area contributed by atoms with Crippen LogP contribution in [0.25, 0.3) is 0 Å². The minimum atomic E-state index is 0.114. The Morgan fingerprint density at radius 3 is 3.00 bits per heavy atom. The molecule has 1 unspecified atom stereocenters. The first kappa shape index (κ1) is 14.8. The maximum Gasteiger partial charge on any atom is 0.0967 e. The van der Waals surface area contributed by atoms with Gasteiger partial charge in [-0.2, -0.15) is 0 Å². The molecule has 0 radical (unpaired) electrons. The Hall–Kier alpha value is -1.79. The van der Waals surface area contributed by atoms with Crippen LogP contribution in [0.1, 0.15) is 37.4 Å². The molecule has 1 spiro atoms. The van der Waals surface area contributed by atoms with E-state index in [9.17, 15) is 0 Å². The van der Waals surface area contributed by atoms with E-state index in [1.165, 1.54) is 19.3 Å². The number of aromatic nitrogens is 4. The van der Waals surface area contributed by atoms with Gasteiger partial charge in [0.1, 0.15) is 0 Å². The summed E-state index contributed by atoms with van der Waals surface area (Å²) in [5.41, 5.74) is 2.28. The van der Waals surface area contributed by atoms with E-state index in [4.69, 9.17) is 4.74 Å². The highest BCUT2D eigenvalue weighted by molar-refractivity contribution is 5.09. The third-order valence-corrected chi connectivity index (χ3v) is 4.78. The minimum absolute atomic E-state index is 0.114. The monoisotopic (exact) mass is 313 g/mol. The summed E-state index contributed by atoms with van der Waals surface area (Å²) in [6.07, 6.45) is 9.68. The molecule has 1 saturated heterocycles. The van der Waals surface area contributed by atoms with Crippen molar-refractivity contribution in [2.75, 3.05) is 13.1 Å². The molecular formula is C17H23N5O. The number of hydrogen-bond acceptors (Lipinski definition) is 5. The molecule has 0 amide bonds. The van der Waals surface area contributed by atoms with Crippen molar-refractivity contribution >= 4 is 0 Å². The molecule has 0 bridgehead atoms. The van der Waals surface area contributed by atoms with Crippen LogP contribution in [0.15, 0.2) is 30.7 Å². The van der Waals surface area contributed by atoms with Crippen LogP contribution in [0.2, 0.25) is 0 Å². The van der Waals surface area contributed by atoms with Gasteiger partial charge in [0.05, 0.1) is 30.1 Å². The first-order valence-electron chi connectivity index (χ1n) is 8.39. The second-order valence-corrected chi connectivity index (χ2v) is 6.90. The number of hydrogen-bond donors (Lipinski definition) is 0. The quantitative estimate of drug-likeness (QED) is 0.862. The Balaban J connectivity index is 1.39. The van der Waals surface area contributed by atoms with Crippen molar-refractivity contribution in [3.05, 3.63) is 42.0 Å². The molecule has 122 valence electrons. The summed E-state index contributed by atoms with van der Waals surface area (Å²) in [5, 5.41) is 8.58. The normalized spacial score (nSPS) is 23.8. The van der Waals surface area contributed by atoms with Crippen LogP contribution < -0.4 is 0 Å². The van der Waals surface area contributed by atoms with E-state index in [-0.39, 0.29) is 5.60 Å². The van der Waals surface area contributed by atoms with Crippen LogP contribution in [-0.4, -0.2) is 49.7 Å². The molecule has 1 aliphatic heterocycles. The summed E-state index contributed by atoms with van der Waals surface area (Å²) >= 11 is 0. The first-order chi connectivity index (χ1) is 11.2. The molecule has 23 heavy (non-hydrogen) atoms. The van der Waals surface area contributed by atoms with Gasteiger partial charge in [-0.05, 0) is 37.8 Å². The fourth-order valence-electron chi connectivity index (χ4n) is 3.70. The SMILES string of the molecule is CC1CN(Cc2cn(Cc3cccnc3)nn2)CC2(CCC2)O1. The van der Waals surface area contributed by atoms with E-state index in [0.29, 0.717) is 12.6 Å². The van der Waals surface area contributed by atoms with Crippen LogP contribution in [0, 0.1) is 0 Å². The summed E-state index contributed by atoms with van der Waals surface area (Å²) in [5.74, 6) is 0. The second kappa shape index (κ2) is 6.02. The average Bonchev–Trinajstić information content (AvgIpc) is 2.93. The number of pyridine rings is 1. The molecule has 1 saturated carbocycles. The summed E-state index contributed by atoms with van der Waals surface area (Å²) < 4.78 is 8.06. The van der Waals surface area contributed by atoms with Gasteiger partial charge < -0.3 is 4.74 Å². The highest BCUT2D eigenvalue weighted by Gasteiger charge is 2.44. The highest BCUT2D eigenvalue weighted by Crippen LogP contribution is 2.39. The van der Waals surface area contributed by atoms with Crippen molar-refractivity contribution in [2.24, 2.45) is 0 Å². The molecule has 4 rings (SSSR count). The Morgan fingerprint density at radius 1 is 1.35 bits per heavy atom. The van der Waals surface area contributed by atoms with Crippen molar-refractivity contribution in [1.29, 1.82) is 0 Å². The summed E-state index contributed by atoms with van der Waals surface area (Å²) in [6.45, 7) is 5.72. The molecule has 1 aliphatic carbocycles. The molecule has 6 nitrogen and oxygen atoms in total. The maximum atomic E-state index is 6.17. The van der Waals surface area contributed by atoms with Gasteiger partial charge in [0.25, 0.3) is 0 Å². The molecular weight excluding hydrogens is 290 g/mol. The van der Waals surface area contributed by atoms with Gasteiger partial charge in [-0.3, -0.25) is 9.88 Å². The standard InChI is InChI=1S/C17H23N5O/c1-14-9-21(13-17(23-14)5-3-6-17)11-16-12-22(20-19-16)10-15-4-2-7-18-8-15/h2,4,7-8,12,14H,3,5-6,9-11,13H2,1H3. The predicted molar refractivity (Wildman–Crippen MR) is 85.8 cm³/mol. The predicted octanol–water partition coefficient (Wildman–Crippen LogP) is 1.86. The zero-order valence-corrected chi connectivity index (χ0v) is 13.6. The number of rotatable bonds is 4. The van der Waals surface area contributed by atoms with E-state index < -0.39 is 0 Å². The largest absolute Gasteiger partial charge is 0.369 e. The van der Waals surface area contributed by atoms with E-state index >= 15 is 0 Å². The van der Waals surface area contributed by atoms with Gasteiger partial charge in [0.15, 0.2) is 0 Å². The molecule has 2 aliphatic rings. The van der Waals surface area contributed by atoms with E-state index in [2.05, 4.69) is 33.2 Å². The molecule has 0 N–H and O–H groups in total. The molecule has 3 heterocycles. The smallest absolute Gasteiger partial charge is 0.0967 e. The van der Waals surface area contributed by atoms with Gasteiger partial charge >= 0.3 is 0 Å². The van der Waals surface area contributed by atoms with Gasteiger partial charge in [-0.1, -0.05) is 11.3 Å². The average molecular weight is 313 g/mol. The van der Waals surface area contributed by atoms with Crippen LogP contribution >= 0.6 is 0 Å². The Bertz CT molecular complexity index is 652. The molecule has 6 heteroatoms. The van der Waals surface area contributed by atoms with Crippen LogP contribution in [0.3, 0.4) is 0 Å². The maximum absolute atomic E-state index is 6.17. The highest BCUT2D eigenvalue weighted by atomic mass is 16.5. The van der Waals surface area contributed by atoms with Gasteiger partial charge in [-0.25, -0.2) is 4.68 Å². The van der Waals surface area contributed by atoms with Crippen LogP contribution in [0.4, 0.5) is 0 Å². The second-order valence-electron chi connectivity index (χ2n) is 6.90. The summed E-state index contributed by atoms with van der Waals surface area (Å²) in [6, 6.07) is 4.00. The number of morpholine rings is 1. The number of ether oxygens (including phenoxy) is 1. The Kier molecular flexibility index (Phi) is 3.87. The zero-order valence-electron chi connectivity index (χ0n) is 13.6. The third-order valence-electron chi connectivity index (χ3n) is 4.78. The topological polar surface area (TPSA) is 56.1 Å². The van der Waals surface area contributed by atoms with Crippen molar-refractivity contribution in [3.8, 4) is 0 Å². The fraction of sp³-hybridized carbons (Fsp3) is 0.588. The minimum Gasteiger partial charge on any atom is -0.369 e. The Labute approximate surface area is 136 Å². The van der Waals surface area contributed by atoms with Crippen molar-refractivity contribution in [3.63, 3.8) is 0 Å². The van der Waals surface area contributed by atoms with E-state index in [1.54, 1.807) is 6.20 Å². The lowest BCUT2D eigenvalue weighted by Crippen LogP contribution is -2.57. The van der Waals surface area contributed by atoms with Gasteiger partial charge in [0, 0.05) is 32.0 Å². The molecule has 2 fully saturated rings. The van der Waals surface area contributed by atoms with E-state index in [0.717, 1.165) is 30.9 Å². The van der Waals surface area contributed by atoms with Crippen LogP contribution in [0.5, 0.6) is 0 Å². The van der Waals surface area contributed by atoms with Crippen molar-refractivity contribution < 1.29 is 4.74 Å². The molecule has 2 aromatic heterocycles. The van der Waals surface area contributed by atoms with Gasteiger partial charge in [-0.15, -0.1) is 5.10 Å². The molecule has 2 aromatic rings. The Morgan fingerprint density at radius 2 is 2.26 bits per heavy atom. The van der Waals surface area contributed by atoms with E-state index in [1.807, 2.05) is 23.1 Å². The summed E-state index contributed by atoms with van der Waals surface area (Å²) in [4.78, 5) is 6.60. The molecule has 1 atom stereocenters. The lowest BCUT2D eigenvalue weighted by atomic mass is 9.78. The van der Waals surface area contributed by atoms with Crippen LogP contribution in [-0.2, 0) is 17.8 Å². The lowest BCUT2D eigenvalue weighted by molar-refractivity contribution is -0.186. The zero-order chi connectivity index (χ0) is 15.7. The van der Waals surface area contributed by atoms with Crippen molar-refractivity contribution in [1.82, 2.24) is 24.9 Å². The summed E-state index contributed by atoms with van der Waals surface area (Å²) in [7, 11) is 0. The first-order valence-corrected chi connectivity index (χ1v) is 8.39. The third kappa shape index (κ3) is 3.28. The lowest BCUT2D eigenvalue weighted by Gasteiger charge is -2.50. The van der Waals surface area contributed by atoms with Gasteiger partial charge in [0.2, 0.25) is 0 Å². The van der Waals surface area contributed by atoms with Crippen molar-refractivity contribution in [2.45, 2.75) is 51.0 Å². The fourth-order valence-corrected chi connectivity index (χ4v) is 3.70. The molecule has 0 aromatic carbocycles.